The molecule has 4 aromatic rings. The summed E-state index contributed by atoms with van der Waals surface area (Å²) >= 11 is 0. The van der Waals surface area contributed by atoms with Crippen LogP contribution < -0.4 is 4.74 Å². The van der Waals surface area contributed by atoms with Crippen molar-refractivity contribution in [3.05, 3.63) is 54.2 Å². The van der Waals surface area contributed by atoms with Crippen LogP contribution in [-0.2, 0) is 0 Å². The first kappa shape index (κ1) is 13.5. The molecule has 5 nitrogen and oxygen atoms in total. The maximum atomic E-state index is 11.2. The molecular weight excluding hydrogens is 292 g/mol. The van der Waals surface area contributed by atoms with Crippen LogP contribution in [0.1, 0.15) is 10.4 Å². The molecular formula is C18H12N2O3. The summed E-state index contributed by atoms with van der Waals surface area (Å²) < 4.78 is 5.24. The fourth-order valence-corrected chi connectivity index (χ4v) is 2.71. The summed E-state index contributed by atoms with van der Waals surface area (Å²) in [5.41, 5.74) is 2.47. The Morgan fingerprint density at radius 2 is 1.91 bits per heavy atom. The monoisotopic (exact) mass is 304 g/mol. The molecule has 5 heteroatoms. The van der Waals surface area contributed by atoms with Gasteiger partial charge in [0.25, 0.3) is 0 Å². The number of pyridine rings is 2. The van der Waals surface area contributed by atoms with Crippen LogP contribution in [0.4, 0.5) is 0 Å². The van der Waals surface area contributed by atoms with E-state index in [9.17, 15) is 9.90 Å². The molecule has 112 valence electrons. The molecule has 0 unspecified atom stereocenters. The van der Waals surface area contributed by atoms with Crippen molar-refractivity contribution in [2.75, 3.05) is 7.11 Å². The summed E-state index contributed by atoms with van der Waals surface area (Å²) in [4.78, 5) is 20.3. The first-order valence-electron chi connectivity index (χ1n) is 7.06. The third kappa shape index (κ3) is 2.14. The number of ether oxygens (including phenoxy) is 1. The van der Waals surface area contributed by atoms with Gasteiger partial charge in [-0.05, 0) is 36.4 Å². The number of rotatable bonds is 2. The van der Waals surface area contributed by atoms with E-state index >= 15 is 0 Å². The normalized spacial score (nSPS) is 11.2. The molecule has 2 aromatic carbocycles. The predicted molar refractivity (Wildman–Crippen MR) is 88.1 cm³/mol. The highest BCUT2D eigenvalue weighted by Gasteiger charge is 2.09. The van der Waals surface area contributed by atoms with Gasteiger partial charge in [-0.2, -0.15) is 0 Å². The maximum absolute atomic E-state index is 11.2. The molecule has 0 aliphatic carbocycles. The van der Waals surface area contributed by atoms with Crippen LogP contribution in [-0.4, -0.2) is 28.2 Å². The lowest BCUT2D eigenvalue weighted by Crippen LogP contribution is -1.96. The second-order valence-electron chi connectivity index (χ2n) is 5.28. The average Bonchev–Trinajstić information content (AvgIpc) is 2.58. The van der Waals surface area contributed by atoms with Crippen molar-refractivity contribution in [1.82, 2.24) is 9.97 Å². The van der Waals surface area contributed by atoms with Crippen molar-refractivity contribution in [3.63, 3.8) is 0 Å². The number of carboxylic acid groups (broad SMARTS) is 1. The van der Waals surface area contributed by atoms with Gasteiger partial charge in [0.05, 0.1) is 29.2 Å². The lowest BCUT2D eigenvalue weighted by Gasteiger charge is -2.07. The quantitative estimate of drug-likeness (QED) is 0.452. The van der Waals surface area contributed by atoms with E-state index in [0.717, 1.165) is 38.5 Å². The molecule has 0 amide bonds. The summed E-state index contributed by atoms with van der Waals surface area (Å²) in [6.45, 7) is 0. The van der Waals surface area contributed by atoms with Crippen molar-refractivity contribution >= 4 is 38.7 Å². The van der Waals surface area contributed by atoms with Crippen LogP contribution in [0.15, 0.2) is 48.7 Å². The molecule has 0 bridgehead atoms. The fourth-order valence-electron chi connectivity index (χ4n) is 2.71. The Morgan fingerprint density at radius 1 is 1.04 bits per heavy atom. The molecule has 2 aromatic heterocycles. The highest BCUT2D eigenvalue weighted by Crippen LogP contribution is 2.28. The Hall–Kier alpha value is -3.21. The number of carbonyl (C=O) groups is 1. The number of methoxy groups -OCH3 is 1. The van der Waals surface area contributed by atoms with Gasteiger partial charge in [0.2, 0.25) is 0 Å². The molecule has 1 N–H and O–H groups in total. The average molecular weight is 304 g/mol. The third-order valence-corrected chi connectivity index (χ3v) is 3.90. The van der Waals surface area contributed by atoms with Crippen LogP contribution in [0.3, 0.4) is 0 Å². The van der Waals surface area contributed by atoms with Gasteiger partial charge in [-0.25, -0.2) is 9.78 Å². The van der Waals surface area contributed by atoms with E-state index in [0.29, 0.717) is 0 Å². The number of benzene rings is 2. The summed E-state index contributed by atoms with van der Waals surface area (Å²) in [6.07, 6.45) is 1.76. The van der Waals surface area contributed by atoms with Crippen LogP contribution in [0, 0.1) is 0 Å². The SMILES string of the molecule is COc1ccc2cc3cnc4ccc(C(=O)O)cc4c3nc2c1. The largest absolute Gasteiger partial charge is 0.497 e. The first-order chi connectivity index (χ1) is 11.2. The van der Waals surface area contributed by atoms with Crippen molar-refractivity contribution in [1.29, 1.82) is 0 Å². The number of nitrogens with zero attached hydrogens (tertiary/aromatic N) is 2. The second kappa shape index (κ2) is 4.91. The molecule has 0 atom stereocenters. The molecule has 0 aliphatic heterocycles. The minimum atomic E-state index is -0.966. The van der Waals surface area contributed by atoms with Gasteiger partial charge in [-0.1, -0.05) is 0 Å². The van der Waals surface area contributed by atoms with Crippen molar-refractivity contribution in [2.24, 2.45) is 0 Å². The lowest BCUT2D eigenvalue weighted by molar-refractivity contribution is 0.0697. The standard InChI is InChI=1S/C18H12N2O3/c1-23-13-4-2-10-6-12-9-19-15-5-3-11(18(21)22)7-14(15)17(12)20-16(10)8-13/h2-9H,1H3,(H,21,22). The Bertz CT molecular complexity index is 1090. The highest BCUT2D eigenvalue weighted by molar-refractivity contribution is 6.08. The van der Waals surface area contributed by atoms with E-state index in [4.69, 9.17) is 9.72 Å². The van der Waals surface area contributed by atoms with E-state index in [1.807, 2.05) is 24.3 Å². The highest BCUT2D eigenvalue weighted by atomic mass is 16.5. The van der Waals surface area contributed by atoms with Gasteiger partial charge in [-0.3, -0.25) is 4.98 Å². The minimum absolute atomic E-state index is 0.222. The Morgan fingerprint density at radius 3 is 2.70 bits per heavy atom. The summed E-state index contributed by atoms with van der Waals surface area (Å²) in [6, 6.07) is 12.6. The van der Waals surface area contributed by atoms with E-state index in [1.165, 1.54) is 0 Å². The number of fused-ring (bicyclic) bond motifs is 4. The van der Waals surface area contributed by atoms with Gasteiger partial charge in [0, 0.05) is 28.4 Å². The van der Waals surface area contributed by atoms with Gasteiger partial charge >= 0.3 is 5.97 Å². The molecule has 0 radical (unpaired) electrons. The number of carboxylic acids is 1. The predicted octanol–water partition coefficient (Wildman–Crippen LogP) is 3.64. The molecule has 0 spiro atoms. The van der Waals surface area contributed by atoms with Gasteiger partial charge in [0.1, 0.15) is 5.75 Å². The minimum Gasteiger partial charge on any atom is -0.497 e. The van der Waals surface area contributed by atoms with Crippen LogP contribution >= 0.6 is 0 Å². The van der Waals surface area contributed by atoms with E-state index in [1.54, 1.807) is 31.5 Å². The summed E-state index contributed by atoms with van der Waals surface area (Å²) in [5, 5.41) is 11.8. The lowest BCUT2D eigenvalue weighted by atomic mass is 10.1. The van der Waals surface area contributed by atoms with Crippen LogP contribution in [0.5, 0.6) is 5.75 Å². The third-order valence-electron chi connectivity index (χ3n) is 3.90. The van der Waals surface area contributed by atoms with Gasteiger partial charge in [-0.15, -0.1) is 0 Å². The first-order valence-corrected chi connectivity index (χ1v) is 7.06. The number of aromatic carboxylic acids is 1. The fraction of sp³-hybridized carbons (Fsp3) is 0.0556. The van der Waals surface area contributed by atoms with E-state index in [-0.39, 0.29) is 5.56 Å². The van der Waals surface area contributed by atoms with Crippen molar-refractivity contribution in [2.45, 2.75) is 0 Å². The molecule has 0 saturated carbocycles. The van der Waals surface area contributed by atoms with E-state index in [2.05, 4.69) is 4.98 Å². The van der Waals surface area contributed by atoms with Crippen LogP contribution in [0.2, 0.25) is 0 Å². The molecule has 2 heterocycles. The van der Waals surface area contributed by atoms with E-state index < -0.39 is 5.97 Å². The molecule has 0 saturated heterocycles. The smallest absolute Gasteiger partial charge is 0.335 e. The topological polar surface area (TPSA) is 72.3 Å². The maximum Gasteiger partial charge on any atom is 0.335 e. The van der Waals surface area contributed by atoms with Crippen molar-refractivity contribution < 1.29 is 14.6 Å². The molecule has 0 fully saturated rings. The van der Waals surface area contributed by atoms with Gasteiger partial charge < -0.3 is 9.84 Å². The summed E-state index contributed by atoms with van der Waals surface area (Å²) in [5.74, 6) is -0.236. The Labute approximate surface area is 131 Å². The number of hydrogen-bond donors (Lipinski definition) is 1. The summed E-state index contributed by atoms with van der Waals surface area (Å²) in [7, 11) is 1.61. The Kier molecular flexibility index (Phi) is 2.87. The second-order valence-corrected chi connectivity index (χ2v) is 5.28. The Balaban J connectivity index is 2.11. The van der Waals surface area contributed by atoms with Crippen LogP contribution in [0.25, 0.3) is 32.7 Å². The zero-order chi connectivity index (χ0) is 16.0. The molecule has 23 heavy (non-hydrogen) atoms. The zero-order valence-corrected chi connectivity index (χ0v) is 12.3. The molecule has 0 aliphatic rings. The number of hydrogen-bond acceptors (Lipinski definition) is 4. The van der Waals surface area contributed by atoms with Crippen molar-refractivity contribution in [3.8, 4) is 5.75 Å². The van der Waals surface area contributed by atoms with Gasteiger partial charge in [0.15, 0.2) is 0 Å². The zero-order valence-electron chi connectivity index (χ0n) is 12.3. The number of aromatic nitrogens is 2. The molecule has 4 rings (SSSR count).